The zero-order valence-corrected chi connectivity index (χ0v) is 32.4. The highest BCUT2D eigenvalue weighted by atomic mass is 32.1. The number of rotatable bonds is 4. The Bertz CT molecular complexity index is 3860. The van der Waals surface area contributed by atoms with E-state index in [4.69, 9.17) is 14.4 Å². The standard InChI is InChI=1S/C54H31N3OS/c1-2-14-33(15-3-1)44-31-45(36-26-25-32-13-4-5-16-34(32)29-36)56-54(55-44)57-46-28-27-35(37-21-12-22-41-38-17-8-10-23-47(38)58-52(37)41)30-43(46)49-39-18-6-7-19-40(39)50-42-20-9-11-24-48(42)59-53(50)51(49)57/h1-31H. The Morgan fingerprint density at radius 2 is 1.12 bits per heavy atom. The highest BCUT2D eigenvalue weighted by Gasteiger charge is 2.25. The van der Waals surface area contributed by atoms with Crippen molar-refractivity contribution in [3.05, 3.63) is 188 Å². The molecule has 0 radical (unpaired) electrons. The molecule has 0 atom stereocenters. The molecule has 59 heavy (non-hydrogen) atoms. The van der Waals surface area contributed by atoms with Gasteiger partial charge in [-0.25, -0.2) is 9.97 Å². The Morgan fingerprint density at radius 3 is 1.98 bits per heavy atom. The average Bonchev–Trinajstić information content (AvgIpc) is 3.99. The normalized spacial score (nSPS) is 12.1. The van der Waals surface area contributed by atoms with Crippen molar-refractivity contribution in [2.45, 2.75) is 0 Å². The summed E-state index contributed by atoms with van der Waals surface area (Å²) in [6, 6.07) is 67.0. The molecule has 13 aromatic rings. The van der Waals surface area contributed by atoms with Gasteiger partial charge >= 0.3 is 0 Å². The quantitative estimate of drug-likeness (QED) is 0.179. The van der Waals surface area contributed by atoms with Crippen molar-refractivity contribution >= 4 is 96.8 Å². The Kier molecular flexibility index (Phi) is 6.85. The van der Waals surface area contributed by atoms with E-state index < -0.39 is 0 Å². The van der Waals surface area contributed by atoms with Crippen LogP contribution in [0.5, 0.6) is 0 Å². The number of nitrogens with zero attached hydrogens (tertiary/aromatic N) is 3. The minimum atomic E-state index is 0.635. The molecule has 0 amide bonds. The second kappa shape index (κ2) is 12.4. The number of thiophene rings is 1. The van der Waals surface area contributed by atoms with Crippen molar-refractivity contribution in [1.29, 1.82) is 0 Å². The largest absolute Gasteiger partial charge is 0.455 e. The van der Waals surface area contributed by atoms with Crippen molar-refractivity contribution in [3.63, 3.8) is 0 Å². The van der Waals surface area contributed by atoms with Crippen LogP contribution in [0.4, 0.5) is 0 Å². The first kappa shape index (κ1) is 32.5. The van der Waals surface area contributed by atoms with Crippen LogP contribution in [0.25, 0.3) is 125 Å². The Morgan fingerprint density at radius 1 is 0.441 bits per heavy atom. The SMILES string of the molecule is c1ccc(-c2cc(-c3ccc4ccccc4c3)nc(-n3c4ccc(-c5cccc6c5oc5ccccc56)cc4c4c5ccccc5c5c6ccccc6sc5c43)n2)cc1. The number of fused-ring (bicyclic) bond motifs is 14. The van der Waals surface area contributed by atoms with E-state index in [-0.39, 0.29) is 0 Å². The predicted octanol–water partition coefficient (Wildman–Crippen LogP) is 15.1. The van der Waals surface area contributed by atoms with Crippen molar-refractivity contribution in [3.8, 4) is 39.6 Å². The molecule has 0 spiro atoms. The van der Waals surface area contributed by atoms with E-state index in [0.717, 1.165) is 72.0 Å². The minimum absolute atomic E-state index is 0.635. The fraction of sp³-hybridized carbons (Fsp3) is 0. The molecular weight excluding hydrogens is 739 g/mol. The summed E-state index contributed by atoms with van der Waals surface area (Å²) < 4.78 is 11.4. The fourth-order valence-electron chi connectivity index (χ4n) is 9.32. The number of hydrogen-bond acceptors (Lipinski definition) is 4. The van der Waals surface area contributed by atoms with E-state index in [0.29, 0.717) is 5.95 Å². The molecule has 0 aliphatic heterocycles. The molecule has 13 rings (SSSR count). The van der Waals surface area contributed by atoms with Gasteiger partial charge in [-0.2, -0.15) is 0 Å². The van der Waals surface area contributed by atoms with Crippen LogP contribution in [0.1, 0.15) is 0 Å². The van der Waals surface area contributed by atoms with Gasteiger partial charge in [0.2, 0.25) is 5.95 Å². The average molecular weight is 770 g/mol. The summed E-state index contributed by atoms with van der Waals surface area (Å²) in [6.45, 7) is 0. The molecule has 0 fully saturated rings. The maximum absolute atomic E-state index is 6.59. The monoisotopic (exact) mass is 769 g/mol. The molecule has 5 heteroatoms. The lowest BCUT2D eigenvalue weighted by Gasteiger charge is -2.13. The zero-order valence-electron chi connectivity index (χ0n) is 31.6. The molecule has 4 aromatic heterocycles. The lowest BCUT2D eigenvalue weighted by molar-refractivity contribution is 0.670. The van der Waals surface area contributed by atoms with Crippen LogP contribution in [0.2, 0.25) is 0 Å². The molecule has 0 aliphatic carbocycles. The van der Waals surface area contributed by atoms with Crippen LogP contribution in [0.15, 0.2) is 192 Å². The van der Waals surface area contributed by atoms with E-state index in [1.807, 2.05) is 23.5 Å². The third-order valence-corrected chi connectivity index (χ3v) is 13.2. The molecule has 0 unspecified atom stereocenters. The number of furan rings is 1. The van der Waals surface area contributed by atoms with Gasteiger partial charge in [0.05, 0.1) is 27.1 Å². The molecule has 0 bridgehead atoms. The number of benzene rings is 9. The lowest BCUT2D eigenvalue weighted by Crippen LogP contribution is -2.04. The maximum atomic E-state index is 6.59. The summed E-state index contributed by atoms with van der Waals surface area (Å²) in [5.41, 5.74) is 9.94. The number of aromatic nitrogens is 3. The number of hydrogen-bond donors (Lipinski definition) is 0. The molecule has 274 valence electrons. The summed E-state index contributed by atoms with van der Waals surface area (Å²) in [5.74, 6) is 0.635. The second-order valence-electron chi connectivity index (χ2n) is 15.3. The highest BCUT2D eigenvalue weighted by molar-refractivity contribution is 7.27. The van der Waals surface area contributed by atoms with Gasteiger partial charge in [-0.15, -0.1) is 11.3 Å². The smallest absolute Gasteiger partial charge is 0.235 e. The molecule has 0 saturated heterocycles. The van der Waals surface area contributed by atoms with Crippen molar-refractivity contribution < 1.29 is 4.42 Å². The third kappa shape index (κ3) is 4.83. The van der Waals surface area contributed by atoms with Crippen LogP contribution < -0.4 is 0 Å². The molecule has 0 aliphatic rings. The van der Waals surface area contributed by atoms with Crippen molar-refractivity contribution in [1.82, 2.24) is 14.5 Å². The number of para-hydroxylation sites is 2. The van der Waals surface area contributed by atoms with Crippen LogP contribution in [-0.2, 0) is 0 Å². The minimum Gasteiger partial charge on any atom is -0.455 e. The van der Waals surface area contributed by atoms with E-state index in [1.165, 1.54) is 47.1 Å². The summed E-state index contributed by atoms with van der Waals surface area (Å²) in [4.78, 5) is 11.0. The van der Waals surface area contributed by atoms with Gasteiger partial charge < -0.3 is 4.42 Å². The van der Waals surface area contributed by atoms with E-state index >= 15 is 0 Å². The summed E-state index contributed by atoms with van der Waals surface area (Å²) in [5, 5.41) is 11.9. The lowest BCUT2D eigenvalue weighted by atomic mass is 9.97. The van der Waals surface area contributed by atoms with Gasteiger partial charge in [0, 0.05) is 53.7 Å². The van der Waals surface area contributed by atoms with Gasteiger partial charge in [-0.3, -0.25) is 4.57 Å². The first-order valence-corrected chi connectivity index (χ1v) is 20.7. The molecule has 4 nitrogen and oxygen atoms in total. The molecule has 0 N–H and O–H groups in total. The fourth-order valence-corrected chi connectivity index (χ4v) is 10.6. The van der Waals surface area contributed by atoms with Crippen LogP contribution in [-0.4, -0.2) is 14.5 Å². The van der Waals surface area contributed by atoms with Crippen LogP contribution in [0, 0.1) is 0 Å². The summed E-state index contributed by atoms with van der Waals surface area (Å²) in [7, 11) is 0. The first-order valence-electron chi connectivity index (χ1n) is 19.9. The topological polar surface area (TPSA) is 43.9 Å². The third-order valence-electron chi connectivity index (χ3n) is 12.0. The van der Waals surface area contributed by atoms with E-state index in [2.05, 4.69) is 180 Å². The van der Waals surface area contributed by atoms with Gasteiger partial charge in [0.25, 0.3) is 0 Å². The molecule has 0 saturated carbocycles. The van der Waals surface area contributed by atoms with E-state index in [1.54, 1.807) is 0 Å². The van der Waals surface area contributed by atoms with Crippen LogP contribution >= 0.6 is 11.3 Å². The first-order chi connectivity index (χ1) is 29.2. The summed E-state index contributed by atoms with van der Waals surface area (Å²) >= 11 is 1.85. The van der Waals surface area contributed by atoms with Gasteiger partial charge in [-0.05, 0) is 63.5 Å². The van der Waals surface area contributed by atoms with Crippen molar-refractivity contribution in [2.75, 3.05) is 0 Å². The zero-order chi connectivity index (χ0) is 38.6. The summed E-state index contributed by atoms with van der Waals surface area (Å²) in [6.07, 6.45) is 0. The van der Waals surface area contributed by atoms with Gasteiger partial charge in [-0.1, -0.05) is 152 Å². The van der Waals surface area contributed by atoms with Crippen molar-refractivity contribution in [2.24, 2.45) is 0 Å². The highest BCUT2D eigenvalue weighted by Crippen LogP contribution is 2.49. The Labute approximate surface area is 341 Å². The molecule has 4 heterocycles. The van der Waals surface area contributed by atoms with Gasteiger partial charge in [0.15, 0.2) is 0 Å². The Balaban J connectivity index is 1.18. The maximum Gasteiger partial charge on any atom is 0.235 e. The molecular formula is C54H31N3OS. The predicted molar refractivity (Wildman–Crippen MR) is 248 cm³/mol. The van der Waals surface area contributed by atoms with E-state index in [9.17, 15) is 0 Å². The molecule has 9 aromatic carbocycles. The van der Waals surface area contributed by atoms with Gasteiger partial charge in [0.1, 0.15) is 11.2 Å². The Hall–Kier alpha value is -7.60. The van der Waals surface area contributed by atoms with Crippen LogP contribution in [0.3, 0.4) is 0 Å². The second-order valence-corrected chi connectivity index (χ2v) is 16.3.